The summed E-state index contributed by atoms with van der Waals surface area (Å²) in [6, 6.07) is 8.07. The fourth-order valence-corrected chi connectivity index (χ4v) is 1.62. The van der Waals surface area contributed by atoms with Crippen LogP contribution in [0.3, 0.4) is 0 Å². The first-order valence-corrected chi connectivity index (χ1v) is 6.52. The molecule has 1 rings (SSSR count). The molecule has 0 bridgehead atoms. The standard InChI is InChI=1S/C14H23N3O.HI/c1-3-10-16-14(15)17-11-9-12-7-5-6-8-13(12)18-4-2;/h5-8H,3-4,9-11H2,1-2H3,(H3,15,16,17);1H. The molecule has 5 heteroatoms. The summed E-state index contributed by atoms with van der Waals surface area (Å²) in [5, 5.41) is 3.11. The van der Waals surface area contributed by atoms with Crippen molar-refractivity contribution in [1.29, 1.82) is 0 Å². The van der Waals surface area contributed by atoms with E-state index in [0.29, 0.717) is 12.6 Å². The lowest BCUT2D eigenvalue weighted by Gasteiger charge is -2.10. The van der Waals surface area contributed by atoms with Crippen LogP contribution in [0.25, 0.3) is 0 Å². The number of nitrogens with one attached hydrogen (secondary N) is 1. The van der Waals surface area contributed by atoms with Gasteiger partial charge >= 0.3 is 0 Å². The molecule has 108 valence electrons. The molecule has 4 nitrogen and oxygen atoms in total. The highest BCUT2D eigenvalue weighted by molar-refractivity contribution is 14.0. The summed E-state index contributed by atoms with van der Waals surface area (Å²) < 4.78 is 5.57. The van der Waals surface area contributed by atoms with E-state index in [1.807, 2.05) is 25.1 Å². The number of halogens is 1. The second-order valence-corrected chi connectivity index (χ2v) is 3.98. The summed E-state index contributed by atoms with van der Waals surface area (Å²) in [6.07, 6.45) is 1.88. The molecule has 0 amide bonds. The van der Waals surface area contributed by atoms with E-state index in [2.05, 4.69) is 23.3 Å². The van der Waals surface area contributed by atoms with E-state index < -0.39 is 0 Å². The lowest BCUT2D eigenvalue weighted by molar-refractivity contribution is 0.336. The number of nitrogens with zero attached hydrogens (tertiary/aromatic N) is 1. The highest BCUT2D eigenvalue weighted by Gasteiger charge is 2.01. The van der Waals surface area contributed by atoms with Gasteiger partial charge in [0, 0.05) is 13.1 Å². The van der Waals surface area contributed by atoms with Gasteiger partial charge in [-0.3, -0.25) is 4.99 Å². The Labute approximate surface area is 132 Å². The first kappa shape index (κ1) is 18.0. The predicted molar refractivity (Wildman–Crippen MR) is 91.5 cm³/mol. The van der Waals surface area contributed by atoms with Gasteiger partial charge in [0.05, 0.1) is 6.61 Å². The summed E-state index contributed by atoms with van der Waals surface area (Å²) in [4.78, 5) is 4.18. The Morgan fingerprint density at radius 1 is 1.32 bits per heavy atom. The Bertz CT molecular complexity index is 383. The van der Waals surface area contributed by atoms with Crippen molar-refractivity contribution in [3.63, 3.8) is 0 Å². The molecule has 0 saturated heterocycles. The van der Waals surface area contributed by atoms with Crippen LogP contribution in [0.2, 0.25) is 0 Å². The quantitative estimate of drug-likeness (QED) is 0.436. The Kier molecular flexibility index (Phi) is 10.3. The summed E-state index contributed by atoms with van der Waals surface area (Å²) in [7, 11) is 0. The van der Waals surface area contributed by atoms with Crippen LogP contribution in [0.4, 0.5) is 0 Å². The fraction of sp³-hybridized carbons (Fsp3) is 0.500. The van der Waals surface area contributed by atoms with Crippen LogP contribution in [-0.4, -0.2) is 25.7 Å². The van der Waals surface area contributed by atoms with Crippen molar-refractivity contribution in [2.45, 2.75) is 26.7 Å². The van der Waals surface area contributed by atoms with Gasteiger partial charge in [-0.15, -0.1) is 24.0 Å². The van der Waals surface area contributed by atoms with Crippen molar-refractivity contribution < 1.29 is 4.74 Å². The smallest absolute Gasteiger partial charge is 0.188 e. The Hall–Kier alpha value is -0.980. The normalized spacial score (nSPS) is 10.7. The van der Waals surface area contributed by atoms with E-state index in [0.717, 1.165) is 31.7 Å². The number of guanidine groups is 1. The monoisotopic (exact) mass is 377 g/mol. The van der Waals surface area contributed by atoms with Crippen LogP contribution >= 0.6 is 24.0 Å². The second kappa shape index (κ2) is 10.9. The van der Waals surface area contributed by atoms with Gasteiger partial charge < -0.3 is 15.8 Å². The molecule has 0 heterocycles. The Balaban J connectivity index is 0.00000324. The minimum Gasteiger partial charge on any atom is -0.494 e. The van der Waals surface area contributed by atoms with Crippen molar-refractivity contribution >= 4 is 29.9 Å². The van der Waals surface area contributed by atoms with E-state index in [1.54, 1.807) is 0 Å². The topological polar surface area (TPSA) is 59.6 Å². The van der Waals surface area contributed by atoms with Crippen LogP contribution in [0, 0.1) is 0 Å². The molecule has 0 aliphatic heterocycles. The molecule has 0 radical (unpaired) electrons. The van der Waals surface area contributed by atoms with Gasteiger partial charge in [-0.2, -0.15) is 0 Å². The predicted octanol–water partition coefficient (Wildman–Crippen LogP) is 2.56. The summed E-state index contributed by atoms with van der Waals surface area (Å²) in [5.41, 5.74) is 6.92. The Morgan fingerprint density at radius 3 is 2.74 bits per heavy atom. The number of benzene rings is 1. The third-order valence-electron chi connectivity index (χ3n) is 2.48. The van der Waals surface area contributed by atoms with Crippen molar-refractivity contribution in [3.05, 3.63) is 29.8 Å². The number of rotatable bonds is 7. The Morgan fingerprint density at radius 2 is 2.05 bits per heavy atom. The molecule has 0 aromatic heterocycles. The van der Waals surface area contributed by atoms with Gasteiger partial charge in [0.15, 0.2) is 5.96 Å². The average Bonchev–Trinajstić information content (AvgIpc) is 2.38. The third-order valence-corrected chi connectivity index (χ3v) is 2.48. The number of nitrogens with two attached hydrogens (primary N) is 1. The maximum atomic E-state index is 5.73. The molecule has 1 aromatic rings. The van der Waals surface area contributed by atoms with Gasteiger partial charge in [0.2, 0.25) is 0 Å². The number of para-hydroxylation sites is 1. The highest BCUT2D eigenvalue weighted by atomic mass is 127. The zero-order valence-electron chi connectivity index (χ0n) is 11.7. The molecule has 19 heavy (non-hydrogen) atoms. The van der Waals surface area contributed by atoms with Gasteiger partial charge in [0.1, 0.15) is 5.75 Å². The van der Waals surface area contributed by atoms with Crippen molar-refractivity contribution in [2.75, 3.05) is 19.7 Å². The average molecular weight is 377 g/mol. The van der Waals surface area contributed by atoms with Crippen LogP contribution in [-0.2, 0) is 6.42 Å². The third kappa shape index (κ3) is 7.25. The molecule has 1 aromatic carbocycles. The first-order valence-electron chi connectivity index (χ1n) is 6.52. The largest absolute Gasteiger partial charge is 0.494 e. The van der Waals surface area contributed by atoms with Crippen molar-refractivity contribution in [2.24, 2.45) is 10.7 Å². The molecular weight excluding hydrogens is 353 g/mol. The minimum absolute atomic E-state index is 0. The van der Waals surface area contributed by atoms with E-state index in [4.69, 9.17) is 10.5 Å². The van der Waals surface area contributed by atoms with E-state index in [1.165, 1.54) is 5.56 Å². The minimum atomic E-state index is 0. The molecule has 0 saturated carbocycles. The number of hydrogen-bond acceptors (Lipinski definition) is 2. The van der Waals surface area contributed by atoms with Gasteiger partial charge in [-0.25, -0.2) is 0 Å². The molecule has 0 spiro atoms. The maximum Gasteiger partial charge on any atom is 0.188 e. The summed E-state index contributed by atoms with van der Waals surface area (Å²) >= 11 is 0. The van der Waals surface area contributed by atoms with E-state index >= 15 is 0 Å². The zero-order valence-corrected chi connectivity index (χ0v) is 14.0. The van der Waals surface area contributed by atoms with E-state index in [-0.39, 0.29) is 24.0 Å². The first-order chi connectivity index (χ1) is 8.77. The van der Waals surface area contributed by atoms with Crippen LogP contribution < -0.4 is 15.8 Å². The van der Waals surface area contributed by atoms with Crippen LogP contribution in [0.15, 0.2) is 29.3 Å². The van der Waals surface area contributed by atoms with Crippen LogP contribution in [0.1, 0.15) is 25.8 Å². The number of aliphatic imine (C=N–C) groups is 1. The molecule has 0 aliphatic rings. The molecule has 0 unspecified atom stereocenters. The fourth-order valence-electron chi connectivity index (χ4n) is 1.62. The van der Waals surface area contributed by atoms with Gasteiger partial charge in [-0.05, 0) is 31.4 Å². The van der Waals surface area contributed by atoms with Crippen molar-refractivity contribution in [3.8, 4) is 5.75 Å². The van der Waals surface area contributed by atoms with Crippen molar-refractivity contribution in [1.82, 2.24) is 5.32 Å². The summed E-state index contributed by atoms with van der Waals surface area (Å²) in [5.74, 6) is 1.47. The number of hydrogen-bond donors (Lipinski definition) is 2. The summed E-state index contributed by atoms with van der Waals surface area (Å²) in [6.45, 7) is 6.29. The maximum absolute atomic E-state index is 5.73. The lowest BCUT2D eigenvalue weighted by atomic mass is 10.1. The molecule has 0 fully saturated rings. The zero-order chi connectivity index (χ0) is 13.2. The molecule has 0 aliphatic carbocycles. The lowest BCUT2D eigenvalue weighted by Crippen LogP contribution is -2.33. The number of ether oxygens (including phenoxy) is 1. The molecular formula is C14H24IN3O. The second-order valence-electron chi connectivity index (χ2n) is 3.98. The molecule has 3 N–H and O–H groups in total. The SMILES string of the molecule is CCCN=C(N)NCCc1ccccc1OCC.I. The highest BCUT2D eigenvalue weighted by Crippen LogP contribution is 2.17. The van der Waals surface area contributed by atoms with E-state index in [9.17, 15) is 0 Å². The van der Waals surface area contributed by atoms with Crippen LogP contribution in [0.5, 0.6) is 5.75 Å². The van der Waals surface area contributed by atoms with Gasteiger partial charge in [-0.1, -0.05) is 25.1 Å². The van der Waals surface area contributed by atoms with Gasteiger partial charge in [0.25, 0.3) is 0 Å². The molecule has 0 atom stereocenters.